The Morgan fingerprint density at radius 1 is 1.17 bits per heavy atom. The molecule has 7 nitrogen and oxygen atoms in total. The standard InChI is InChI=1S/C23H36N4O3/c1-17(2)26(16-20-7-4-5-14-30-20)15-18-9-11-19(12-10-18)25-23(29)27-13-6-8-21(27)22(28)24-3/h9-12,17,20-21H,4-8,13-16H2,1-3H3,(H,24,28)(H,25,29). The van der Waals surface area contributed by atoms with Crippen molar-refractivity contribution < 1.29 is 14.3 Å². The number of nitrogens with one attached hydrogen (secondary N) is 2. The molecule has 2 aliphatic rings. The number of rotatable bonds is 7. The molecule has 2 fully saturated rings. The minimum absolute atomic E-state index is 0.103. The average Bonchev–Trinajstić information content (AvgIpc) is 3.25. The quantitative estimate of drug-likeness (QED) is 0.716. The molecule has 30 heavy (non-hydrogen) atoms. The SMILES string of the molecule is CNC(=O)C1CCCN1C(=O)Nc1ccc(CN(CC2CCCCO2)C(C)C)cc1. The second-order valence-corrected chi connectivity index (χ2v) is 8.60. The van der Waals surface area contributed by atoms with Gasteiger partial charge in [-0.1, -0.05) is 12.1 Å². The van der Waals surface area contributed by atoms with Gasteiger partial charge in [0.05, 0.1) is 6.10 Å². The molecule has 0 saturated carbocycles. The van der Waals surface area contributed by atoms with Crippen LogP contribution in [0, 0.1) is 0 Å². The number of likely N-dealkylation sites (N-methyl/N-ethyl adjacent to an activating group) is 1. The van der Waals surface area contributed by atoms with Gasteiger partial charge in [0, 0.05) is 45.0 Å². The average molecular weight is 417 g/mol. The summed E-state index contributed by atoms with van der Waals surface area (Å²) in [6.07, 6.45) is 5.45. The molecule has 3 amide bonds. The van der Waals surface area contributed by atoms with Gasteiger partial charge < -0.3 is 20.3 Å². The van der Waals surface area contributed by atoms with E-state index in [1.807, 2.05) is 12.1 Å². The van der Waals surface area contributed by atoms with Crippen LogP contribution in [0.4, 0.5) is 10.5 Å². The molecule has 7 heteroatoms. The lowest BCUT2D eigenvalue weighted by molar-refractivity contribution is -0.124. The molecule has 0 aliphatic carbocycles. The molecule has 2 saturated heterocycles. The highest BCUT2D eigenvalue weighted by Crippen LogP contribution is 2.21. The van der Waals surface area contributed by atoms with Gasteiger partial charge in [0.1, 0.15) is 6.04 Å². The van der Waals surface area contributed by atoms with E-state index in [2.05, 4.69) is 41.5 Å². The van der Waals surface area contributed by atoms with Crippen LogP contribution in [0.1, 0.15) is 51.5 Å². The zero-order valence-electron chi connectivity index (χ0n) is 18.5. The van der Waals surface area contributed by atoms with Gasteiger partial charge in [0.15, 0.2) is 0 Å². The predicted octanol–water partition coefficient (Wildman–Crippen LogP) is 3.21. The second kappa shape index (κ2) is 10.8. The maximum Gasteiger partial charge on any atom is 0.322 e. The van der Waals surface area contributed by atoms with E-state index in [-0.39, 0.29) is 18.0 Å². The van der Waals surface area contributed by atoms with Crippen molar-refractivity contribution in [2.45, 2.75) is 70.7 Å². The molecule has 0 bridgehead atoms. The molecular weight excluding hydrogens is 380 g/mol. The second-order valence-electron chi connectivity index (χ2n) is 8.60. The van der Waals surface area contributed by atoms with Gasteiger partial charge in [-0.2, -0.15) is 0 Å². The predicted molar refractivity (Wildman–Crippen MR) is 118 cm³/mol. The Labute approximate surface area is 180 Å². The number of hydrogen-bond donors (Lipinski definition) is 2. The lowest BCUT2D eigenvalue weighted by Gasteiger charge is -2.32. The summed E-state index contributed by atoms with van der Waals surface area (Å²) in [6.45, 7) is 7.73. The van der Waals surface area contributed by atoms with E-state index in [0.29, 0.717) is 25.1 Å². The van der Waals surface area contributed by atoms with Crippen LogP contribution < -0.4 is 10.6 Å². The number of ether oxygens (including phenoxy) is 1. The van der Waals surface area contributed by atoms with Crippen molar-refractivity contribution in [2.75, 3.05) is 32.1 Å². The van der Waals surface area contributed by atoms with Gasteiger partial charge in [-0.3, -0.25) is 9.69 Å². The zero-order chi connectivity index (χ0) is 21.5. The summed E-state index contributed by atoms with van der Waals surface area (Å²) in [5.74, 6) is -0.103. The largest absolute Gasteiger partial charge is 0.377 e. The van der Waals surface area contributed by atoms with Crippen LogP contribution in [-0.2, 0) is 16.1 Å². The van der Waals surface area contributed by atoms with Crippen molar-refractivity contribution >= 4 is 17.6 Å². The summed E-state index contributed by atoms with van der Waals surface area (Å²) in [5, 5.41) is 5.58. The van der Waals surface area contributed by atoms with Crippen LogP contribution in [-0.4, -0.2) is 66.7 Å². The third-order valence-corrected chi connectivity index (χ3v) is 6.10. The third-order valence-electron chi connectivity index (χ3n) is 6.10. The van der Waals surface area contributed by atoms with E-state index in [1.165, 1.54) is 18.4 Å². The topological polar surface area (TPSA) is 73.9 Å². The van der Waals surface area contributed by atoms with Crippen LogP contribution in [0.2, 0.25) is 0 Å². The van der Waals surface area contributed by atoms with Gasteiger partial charge >= 0.3 is 6.03 Å². The van der Waals surface area contributed by atoms with Crippen LogP contribution in [0.5, 0.6) is 0 Å². The molecule has 0 aromatic heterocycles. The summed E-state index contributed by atoms with van der Waals surface area (Å²) >= 11 is 0. The monoisotopic (exact) mass is 416 g/mol. The number of carbonyl (C=O) groups is 2. The molecule has 1 aromatic carbocycles. The maximum absolute atomic E-state index is 12.6. The highest BCUT2D eigenvalue weighted by atomic mass is 16.5. The summed E-state index contributed by atoms with van der Waals surface area (Å²) in [6, 6.07) is 7.84. The number of anilines is 1. The molecule has 166 valence electrons. The van der Waals surface area contributed by atoms with E-state index < -0.39 is 0 Å². The van der Waals surface area contributed by atoms with Crippen LogP contribution in [0.25, 0.3) is 0 Å². The van der Waals surface area contributed by atoms with Crippen molar-refractivity contribution in [3.05, 3.63) is 29.8 Å². The number of hydrogen-bond acceptors (Lipinski definition) is 4. The molecule has 2 unspecified atom stereocenters. The third kappa shape index (κ3) is 5.95. The van der Waals surface area contributed by atoms with E-state index >= 15 is 0 Å². The van der Waals surface area contributed by atoms with Crippen molar-refractivity contribution in [2.24, 2.45) is 0 Å². The van der Waals surface area contributed by atoms with Gasteiger partial charge in [-0.15, -0.1) is 0 Å². The smallest absolute Gasteiger partial charge is 0.322 e. The molecule has 1 aromatic rings. The van der Waals surface area contributed by atoms with E-state index in [4.69, 9.17) is 4.74 Å². The highest BCUT2D eigenvalue weighted by molar-refractivity contribution is 5.94. The zero-order valence-corrected chi connectivity index (χ0v) is 18.5. The van der Waals surface area contributed by atoms with E-state index in [1.54, 1.807) is 11.9 Å². The number of likely N-dealkylation sites (tertiary alicyclic amines) is 1. The van der Waals surface area contributed by atoms with Crippen LogP contribution in [0.15, 0.2) is 24.3 Å². The molecule has 2 N–H and O–H groups in total. The maximum atomic E-state index is 12.6. The van der Waals surface area contributed by atoms with Crippen molar-refractivity contribution in [3.63, 3.8) is 0 Å². The first-order valence-electron chi connectivity index (χ1n) is 11.2. The fourth-order valence-electron chi connectivity index (χ4n) is 4.24. The summed E-state index contributed by atoms with van der Waals surface area (Å²) < 4.78 is 5.92. The Hall–Kier alpha value is -2.12. The van der Waals surface area contributed by atoms with Crippen molar-refractivity contribution in [1.29, 1.82) is 0 Å². The van der Waals surface area contributed by atoms with Crippen molar-refractivity contribution in [3.8, 4) is 0 Å². The number of benzene rings is 1. The van der Waals surface area contributed by atoms with Crippen molar-refractivity contribution in [1.82, 2.24) is 15.1 Å². The fourth-order valence-corrected chi connectivity index (χ4v) is 4.24. The Morgan fingerprint density at radius 3 is 2.57 bits per heavy atom. The number of carbonyl (C=O) groups excluding carboxylic acids is 2. The van der Waals surface area contributed by atoms with Crippen LogP contribution in [0.3, 0.4) is 0 Å². The number of nitrogens with zero attached hydrogens (tertiary/aromatic N) is 2. The molecule has 0 spiro atoms. The van der Waals surface area contributed by atoms with E-state index in [9.17, 15) is 9.59 Å². The number of urea groups is 1. The molecular formula is C23H36N4O3. The molecule has 2 atom stereocenters. The molecule has 3 rings (SSSR count). The lowest BCUT2D eigenvalue weighted by Crippen LogP contribution is -2.46. The fraction of sp³-hybridized carbons (Fsp3) is 0.652. The van der Waals surface area contributed by atoms with Gasteiger partial charge in [0.25, 0.3) is 0 Å². The Kier molecular flexibility index (Phi) is 8.10. The Balaban J connectivity index is 1.55. The summed E-state index contributed by atoms with van der Waals surface area (Å²) in [4.78, 5) is 28.7. The molecule has 2 heterocycles. The molecule has 2 aliphatic heterocycles. The van der Waals surface area contributed by atoms with Crippen LogP contribution >= 0.6 is 0 Å². The Bertz CT molecular complexity index is 701. The normalized spacial score (nSPS) is 21.8. The summed E-state index contributed by atoms with van der Waals surface area (Å²) in [5.41, 5.74) is 1.96. The summed E-state index contributed by atoms with van der Waals surface area (Å²) in [7, 11) is 1.61. The minimum atomic E-state index is -0.379. The van der Waals surface area contributed by atoms with Gasteiger partial charge in [-0.25, -0.2) is 4.79 Å². The van der Waals surface area contributed by atoms with E-state index in [0.717, 1.165) is 38.2 Å². The highest BCUT2D eigenvalue weighted by Gasteiger charge is 2.33. The molecule has 0 radical (unpaired) electrons. The Morgan fingerprint density at radius 2 is 1.93 bits per heavy atom. The first kappa shape index (κ1) is 22.6. The minimum Gasteiger partial charge on any atom is -0.377 e. The first-order valence-corrected chi connectivity index (χ1v) is 11.2. The lowest BCUT2D eigenvalue weighted by atomic mass is 10.1. The van der Waals surface area contributed by atoms with Gasteiger partial charge in [-0.05, 0) is 63.6 Å². The number of amides is 3. The van der Waals surface area contributed by atoms with Gasteiger partial charge in [0.2, 0.25) is 5.91 Å². The first-order chi connectivity index (χ1) is 14.5.